The van der Waals surface area contributed by atoms with Gasteiger partial charge in [0, 0.05) is 19.3 Å². The molecule has 0 aromatic rings. The molecule has 0 radical (unpaired) electrons. The standard InChI is InChI=1S/C64H111O11P/c1-4-7-10-13-16-19-22-25-27-29-30-32-33-36-38-41-44-47-50-53-62(66)71-57-61(75-64(68)55-52-49-46-43-40-37-34-31-28-26-23-20-17-14-11-8-5-2)59-73-76(69,70)72-58-60(56-65)74-63(67)54-51-48-45-42-39-35-24-21-18-15-12-9-6-3/h7,10,16,19,21,24-28,30,32,36,38,60-61,65H,4-6,8-9,11-15,17-18,20,22-23,29,31,33-35,37,39-59H2,1-3H3,(H,69,70)/b10-7-,19-16-,24-21-,27-25-,28-26-,32-30-,38-36-. The minimum Gasteiger partial charge on any atom is -0.462 e. The van der Waals surface area contributed by atoms with Gasteiger partial charge in [-0.2, -0.15) is 0 Å². The van der Waals surface area contributed by atoms with E-state index in [0.29, 0.717) is 19.3 Å². The Bertz CT molecular complexity index is 1600. The quantitative estimate of drug-likeness (QED) is 0.0197. The van der Waals surface area contributed by atoms with Gasteiger partial charge < -0.3 is 24.2 Å². The number of carbonyl (C=O) groups is 3. The average molecular weight is 1090 g/mol. The average Bonchev–Trinajstić information content (AvgIpc) is 3.41. The van der Waals surface area contributed by atoms with Gasteiger partial charge in [-0.15, -0.1) is 0 Å². The maximum Gasteiger partial charge on any atom is 0.472 e. The number of hydrogen-bond acceptors (Lipinski definition) is 10. The first-order chi connectivity index (χ1) is 37.2. The molecule has 0 aliphatic carbocycles. The number of unbranched alkanes of at least 4 members (excludes halogenated alkanes) is 25. The van der Waals surface area contributed by atoms with E-state index in [2.05, 4.69) is 106 Å². The molecule has 3 unspecified atom stereocenters. The fourth-order valence-electron chi connectivity index (χ4n) is 8.14. The van der Waals surface area contributed by atoms with Crippen LogP contribution in [0.1, 0.15) is 265 Å². The Hall–Kier alpha value is -3.34. The van der Waals surface area contributed by atoms with Crippen molar-refractivity contribution in [3.63, 3.8) is 0 Å². The van der Waals surface area contributed by atoms with Gasteiger partial charge in [-0.05, 0) is 116 Å². The number of phosphoric acid groups is 1. The van der Waals surface area contributed by atoms with Crippen molar-refractivity contribution in [3.05, 3.63) is 85.1 Å². The van der Waals surface area contributed by atoms with Crippen LogP contribution in [0.25, 0.3) is 0 Å². The largest absolute Gasteiger partial charge is 0.472 e. The third kappa shape index (κ3) is 55.4. The number of aliphatic hydroxyl groups is 1. The third-order valence-electron chi connectivity index (χ3n) is 12.8. The molecule has 2 N–H and O–H groups in total. The number of esters is 3. The van der Waals surface area contributed by atoms with Crippen LogP contribution in [0.5, 0.6) is 0 Å². The zero-order valence-corrected chi connectivity index (χ0v) is 49.3. The van der Waals surface area contributed by atoms with Gasteiger partial charge in [0.1, 0.15) is 12.7 Å². The second kappa shape index (κ2) is 57.8. The van der Waals surface area contributed by atoms with E-state index >= 15 is 0 Å². The molecule has 0 amide bonds. The highest BCUT2D eigenvalue weighted by Gasteiger charge is 2.28. The lowest BCUT2D eigenvalue weighted by atomic mass is 10.1. The van der Waals surface area contributed by atoms with E-state index in [1.54, 1.807) is 0 Å². The molecular weight excluding hydrogens is 976 g/mol. The second-order valence-electron chi connectivity index (χ2n) is 20.1. The van der Waals surface area contributed by atoms with Gasteiger partial charge in [0.2, 0.25) is 0 Å². The highest BCUT2D eigenvalue weighted by Crippen LogP contribution is 2.43. The van der Waals surface area contributed by atoms with Crippen molar-refractivity contribution in [1.82, 2.24) is 0 Å². The van der Waals surface area contributed by atoms with E-state index < -0.39 is 57.8 Å². The summed E-state index contributed by atoms with van der Waals surface area (Å²) in [6.07, 6.45) is 66.8. The fraction of sp³-hybridized carbons (Fsp3) is 0.734. The second-order valence-corrected chi connectivity index (χ2v) is 21.6. The maximum atomic E-state index is 12.9. The van der Waals surface area contributed by atoms with Gasteiger partial charge in [-0.3, -0.25) is 23.4 Å². The van der Waals surface area contributed by atoms with Gasteiger partial charge in [0.05, 0.1) is 19.8 Å². The molecule has 0 aromatic heterocycles. The van der Waals surface area contributed by atoms with Crippen molar-refractivity contribution >= 4 is 25.7 Å². The third-order valence-corrected chi connectivity index (χ3v) is 13.7. The van der Waals surface area contributed by atoms with Crippen molar-refractivity contribution in [3.8, 4) is 0 Å². The molecule has 0 saturated carbocycles. The van der Waals surface area contributed by atoms with Crippen LogP contribution >= 0.6 is 7.82 Å². The maximum absolute atomic E-state index is 12.9. The van der Waals surface area contributed by atoms with Crippen LogP contribution in [0.2, 0.25) is 0 Å². The van der Waals surface area contributed by atoms with Crippen molar-refractivity contribution in [2.75, 3.05) is 26.4 Å². The Morgan fingerprint density at radius 2 is 0.684 bits per heavy atom. The number of phosphoric ester groups is 1. The predicted octanol–water partition coefficient (Wildman–Crippen LogP) is 18.3. The van der Waals surface area contributed by atoms with Crippen LogP contribution in [0.3, 0.4) is 0 Å². The normalized spacial score (nSPS) is 13.9. The van der Waals surface area contributed by atoms with E-state index in [-0.39, 0.29) is 25.9 Å². The summed E-state index contributed by atoms with van der Waals surface area (Å²) in [6, 6.07) is 0. The molecule has 11 nitrogen and oxygen atoms in total. The molecule has 0 heterocycles. The Balaban J connectivity index is 4.79. The Morgan fingerprint density at radius 1 is 0.382 bits per heavy atom. The number of carbonyl (C=O) groups excluding carboxylic acids is 3. The number of hydrogen-bond donors (Lipinski definition) is 2. The molecule has 76 heavy (non-hydrogen) atoms. The number of allylic oxidation sites excluding steroid dienone is 14. The molecule has 0 spiro atoms. The van der Waals surface area contributed by atoms with Gasteiger partial charge in [-0.25, -0.2) is 4.57 Å². The SMILES string of the molecule is CC/C=C\C/C=C\C/C=C\C/C=C\C/C=C\CCCCCC(=O)OCC(COP(=O)(O)OCC(CO)OC(=O)CCCCCCC/C=C\CCCCCC)OC(=O)CCCCCCCCC/C=C\CCCCCCCC. The minimum atomic E-state index is -4.76. The molecule has 0 aliphatic heterocycles. The molecule has 0 bridgehead atoms. The highest BCUT2D eigenvalue weighted by atomic mass is 31.2. The first-order valence-electron chi connectivity index (χ1n) is 30.5. The number of ether oxygens (including phenoxy) is 3. The van der Waals surface area contributed by atoms with Crippen LogP contribution < -0.4 is 0 Å². The summed E-state index contributed by atoms with van der Waals surface area (Å²) in [4.78, 5) is 48.6. The molecule has 0 rings (SSSR count). The van der Waals surface area contributed by atoms with Gasteiger partial charge in [0.15, 0.2) is 6.10 Å². The molecule has 0 saturated heterocycles. The minimum absolute atomic E-state index is 0.152. The topological polar surface area (TPSA) is 155 Å². The smallest absolute Gasteiger partial charge is 0.462 e. The van der Waals surface area contributed by atoms with Crippen LogP contribution in [0.15, 0.2) is 85.1 Å². The van der Waals surface area contributed by atoms with E-state index in [4.69, 9.17) is 23.3 Å². The first kappa shape index (κ1) is 72.7. The summed E-state index contributed by atoms with van der Waals surface area (Å²) in [5, 5.41) is 9.82. The van der Waals surface area contributed by atoms with E-state index in [9.17, 15) is 28.9 Å². The number of aliphatic hydroxyl groups excluding tert-OH is 1. The van der Waals surface area contributed by atoms with E-state index in [0.717, 1.165) is 122 Å². The van der Waals surface area contributed by atoms with E-state index in [1.807, 2.05) is 0 Å². The van der Waals surface area contributed by atoms with Crippen molar-refractivity contribution in [2.24, 2.45) is 0 Å². The van der Waals surface area contributed by atoms with Crippen molar-refractivity contribution in [1.29, 1.82) is 0 Å². The Labute approximate surface area is 464 Å². The molecule has 0 fully saturated rings. The first-order valence-corrected chi connectivity index (χ1v) is 32.0. The summed E-state index contributed by atoms with van der Waals surface area (Å²) < 4.78 is 39.6. The van der Waals surface area contributed by atoms with Crippen LogP contribution in [0.4, 0.5) is 0 Å². The molecule has 12 heteroatoms. The van der Waals surface area contributed by atoms with Gasteiger partial charge in [0.25, 0.3) is 0 Å². The van der Waals surface area contributed by atoms with Crippen molar-refractivity contribution < 1.29 is 52.2 Å². The fourth-order valence-corrected chi connectivity index (χ4v) is 8.92. The molecule has 0 aromatic carbocycles. The predicted molar refractivity (Wildman–Crippen MR) is 316 cm³/mol. The highest BCUT2D eigenvalue weighted by molar-refractivity contribution is 7.47. The summed E-state index contributed by atoms with van der Waals surface area (Å²) in [5.41, 5.74) is 0. The van der Waals surface area contributed by atoms with Gasteiger partial charge in [-0.1, -0.05) is 215 Å². The Kier molecular flexibility index (Phi) is 55.3. The lowest BCUT2D eigenvalue weighted by molar-refractivity contribution is -0.161. The lowest BCUT2D eigenvalue weighted by Crippen LogP contribution is -2.30. The summed E-state index contributed by atoms with van der Waals surface area (Å²) in [7, 11) is -4.76. The lowest BCUT2D eigenvalue weighted by Gasteiger charge is -2.21. The zero-order valence-electron chi connectivity index (χ0n) is 48.5. The van der Waals surface area contributed by atoms with Crippen LogP contribution in [0, 0.1) is 0 Å². The van der Waals surface area contributed by atoms with Crippen LogP contribution in [-0.4, -0.2) is 66.5 Å². The monoisotopic (exact) mass is 1090 g/mol. The molecule has 3 atom stereocenters. The molecule has 0 aliphatic rings. The molecule has 438 valence electrons. The summed E-state index contributed by atoms with van der Waals surface area (Å²) in [6.45, 7) is 4.48. The van der Waals surface area contributed by atoms with Crippen molar-refractivity contribution in [2.45, 2.75) is 277 Å². The summed E-state index contributed by atoms with van der Waals surface area (Å²) in [5.74, 6) is -1.51. The van der Waals surface area contributed by atoms with Crippen LogP contribution in [-0.2, 0) is 42.2 Å². The number of rotatable bonds is 56. The summed E-state index contributed by atoms with van der Waals surface area (Å²) >= 11 is 0. The Morgan fingerprint density at radius 3 is 1.09 bits per heavy atom. The van der Waals surface area contributed by atoms with E-state index in [1.165, 1.54) is 83.5 Å². The molecular formula is C64H111O11P. The zero-order chi connectivity index (χ0) is 55.5. The van der Waals surface area contributed by atoms with Gasteiger partial charge >= 0.3 is 25.7 Å².